The van der Waals surface area contributed by atoms with Crippen LogP contribution in [-0.2, 0) is 0 Å². The Kier molecular flexibility index (Phi) is 3.93. The number of rotatable bonds is 4. The van der Waals surface area contributed by atoms with Crippen molar-refractivity contribution in [2.45, 2.75) is 64.3 Å². The molecule has 2 heteroatoms. The zero-order valence-corrected chi connectivity index (χ0v) is 11.1. The predicted molar refractivity (Wildman–Crippen MR) is 66.8 cm³/mol. The summed E-state index contributed by atoms with van der Waals surface area (Å²) in [4.78, 5) is 0.360. The second-order valence-electron chi connectivity index (χ2n) is 5.36. The topological polar surface area (TPSA) is 12.0 Å². The fourth-order valence-corrected chi connectivity index (χ4v) is 3.82. The molecule has 0 spiro atoms. The fourth-order valence-electron chi connectivity index (χ4n) is 2.16. The Morgan fingerprint density at radius 2 is 2.00 bits per heavy atom. The van der Waals surface area contributed by atoms with Gasteiger partial charge in [0.15, 0.2) is 0 Å². The lowest BCUT2D eigenvalue weighted by Gasteiger charge is -2.32. The summed E-state index contributed by atoms with van der Waals surface area (Å²) in [5, 5.41) is 3.82. The standard InChI is InChI=1S/C12H25NS/c1-6-10(3)8-12(7-2)13-11(4,5)9-14-12/h10,13H,6-9H2,1-5H3. The molecule has 1 aliphatic rings. The molecule has 0 bridgehead atoms. The predicted octanol–water partition coefficient (Wildman–Crippen LogP) is 3.64. The van der Waals surface area contributed by atoms with Gasteiger partial charge in [-0.25, -0.2) is 0 Å². The van der Waals surface area contributed by atoms with Crippen LogP contribution in [0.1, 0.15) is 53.9 Å². The Balaban J connectivity index is 2.60. The molecule has 2 unspecified atom stereocenters. The first-order valence-corrected chi connectivity index (χ1v) is 6.85. The Morgan fingerprint density at radius 1 is 1.36 bits per heavy atom. The van der Waals surface area contributed by atoms with Crippen molar-refractivity contribution in [1.82, 2.24) is 5.32 Å². The van der Waals surface area contributed by atoms with Crippen LogP contribution in [0, 0.1) is 5.92 Å². The van der Waals surface area contributed by atoms with Crippen LogP contribution < -0.4 is 5.32 Å². The van der Waals surface area contributed by atoms with E-state index in [4.69, 9.17) is 0 Å². The lowest BCUT2D eigenvalue weighted by Crippen LogP contribution is -2.47. The molecular formula is C12H25NS. The van der Waals surface area contributed by atoms with Crippen molar-refractivity contribution in [2.24, 2.45) is 5.92 Å². The van der Waals surface area contributed by atoms with E-state index in [-0.39, 0.29) is 0 Å². The van der Waals surface area contributed by atoms with Crippen molar-refractivity contribution in [1.29, 1.82) is 0 Å². The molecule has 1 nitrogen and oxygen atoms in total. The molecule has 1 saturated heterocycles. The fraction of sp³-hybridized carbons (Fsp3) is 1.00. The maximum Gasteiger partial charge on any atom is 0.0650 e. The van der Waals surface area contributed by atoms with E-state index in [9.17, 15) is 0 Å². The average molecular weight is 215 g/mol. The maximum absolute atomic E-state index is 3.82. The van der Waals surface area contributed by atoms with Crippen LogP contribution in [0.3, 0.4) is 0 Å². The molecule has 0 saturated carbocycles. The minimum atomic E-state index is 0.328. The molecule has 1 rings (SSSR count). The van der Waals surface area contributed by atoms with E-state index >= 15 is 0 Å². The maximum atomic E-state index is 3.82. The highest BCUT2D eigenvalue weighted by Crippen LogP contribution is 2.42. The van der Waals surface area contributed by atoms with Crippen LogP contribution in [0.15, 0.2) is 0 Å². The van der Waals surface area contributed by atoms with E-state index in [0.29, 0.717) is 10.4 Å². The van der Waals surface area contributed by atoms with Crippen LogP contribution in [0.2, 0.25) is 0 Å². The van der Waals surface area contributed by atoms with Gasteiger partial charge >= 0.3 is 0 Å². The van der Waals surface area contributed by atoms with E-state index in [1.807, 2.05) is 0 Å². The van der Waals surface area contributed by atoms with E-state index in [0.717, 1.165) is 5.92 Å². The average Bonchev–Trinajstić information content (AvgIpc) is 2.42. The smallest absolute Gasteiger partial charge is 0.0650 e. The van der Waals surface area contributed by atoms with E-state index < -0.39 is 0 Å². The third-order valence-corrected chi connectivity index (χ3v) is 5.20. The van der Waals surface area contributed by atoms with Crippen LogP contribution in [0.25, 0.3) is 0 Å². The monoisotopic (exact) mass is 215 g/mol. The van der Waals surface area contributed by atoms with Crippen LogP contribution >= 0.6 is 11.8 Å². The number of hydrogen-bond donors (Lipinski definition) is 1. The molecule has 14 heavy (non-hydrogen) atoms. The van der Waals surface area contributed by atoms with Crippen molar-refractivity contribution in [3.05, 3.63) is 0 Å². The Morgan fingerprint density at radius 3 is 2.36 bits per heavy atom. The summed E-state index contributed by atoms with van der Waals surface area (Å²) in [6.07, 6.45) is 3.85. The largest absolute Gasteiger partial charge is 0.297 e. The molecule has 84 valence electrons. The minimum Gasteiger partial charge on any atom is -0.297 e. The van der Waals surface area contributed by atoms with Crippen molar-refractivity contribution >= 4 is 11.8 Å². The minimum absolute atomic E-state index is 0.328. The van der Waals surface area contributed by atoms with Gasteiger partial charge in [0.05, 0.1) is 4.87 Å². The van der Waals surface area contributed by atoms with Crippen LogP contribution in [-0.4, -0.2) is 16.2 Å². The molecule has 2 atom stereocenters. The summed E-state index contributed by atoms with van der Waals surface area (Å²) < 4.78 is 0. The number of nitrogens with one attached hydrogen (secondary N) is 1. The van der Waals surface area contributed by atoms with Crippen molar-refractivity contribution in [3.8, 4) is 0 Å². The van der Waals surface area contributed by atoms with E-state index in [2.05, 4.69) is 51.7 Å². The number of thioether (sulfide) groups is 1. The Bertz CT molecular complexity index is 191. The summed E-state index contributed by atoms with van der Waals surface area (Å²) in [5.74, 6) is 2.08. The SMILES string of the molecule is CCC(C)CC1(CC)NC(C)(C)CS1. The molecule has 1 heterocycles. The molecule has 0 amide bonds. The molecule has 0 aromatic rings. The summed E-state index contributed by atoms with van der Waals surface area (Å²) in [6, 6.07) is 0. The first-order chi connectivity index (χ1) is 6.43. The van der Waals surface area contributed by atoms with Crippen LogP contribution in [0.4, 0.5) is 0 Å². The van der Waals surface area contributed by atoms with E-state index in [1.165, 1.54) is 25.0 Å². The van der Waals surface area contributed by atoms with Crippen LogP contribution in [0.5, 0.6) is 0 Å². The Hall–Kier alpha value is 0.310. The molecule has 0 aromatic carbocycles. The quantitative estimate of drug-likeness (QED) is 0.768. The van der Waals surface area contributed by atoms with Gasteiger partial charge in [-0.15, -0.1) is 11.8 Å². The zero-order valence-electron chi connectivity index (χ0n) is 10.3. The number of hydrogen-bond acceptors (Lipinski definition) is 2. The first-order valence-electron chi connectivity index (χ1n) is 5.86. The highest BCUT2D eigenvalue weighted by Gasteiger charge is 2.42. The van der Waals surface area contributed by atoms with Gasteiger partial charge in [-0.2, -0.15) is 0 Å². The van der Waals surface area contributed by atoms with Crippen molar-refractivity contribution in [3.63, 3.8) is 0 Å². The second-order valence-corrected chi connectivity index (χ2v) is 6.72. The van der Waals surface area contributed by atoms with E-state index in [1.54, 1.807) is 0 Å². The molecule has 1 aliphatic heterocycles. The molecule has 0 aliphatic carbocycles. The summed E-state index contributed by atoms with van der Waals surface area (Å²) >= 11 is 2.13. The van der Waals surface area contributed by atoms with Gasteiger partial charge in [-0.3, -0.25) is 5.32 Å². The zero-order chi connectivity index (χ0) is 10.8. The van der Waals surface area contributed by atoms with Gasteiger partial charge in [-0.1, -0.05) is 27.2 Å². The molecular weight excluding hydrogens is 190 g/mol. The van der Waals surface area contributed by atoms with Crippen molar-refractivity contribution < 1.29 is 0 Å². The summed E-state index contributed by atoms with van der Waals surface area (Å²) in [5.41, 5.74) is 0.328. The summed E-state index contributed by atoms with van der Waals surface area (Å²) in [7, 11) is 0. The molecule has 0 radical (unpaired) electrons. The highest BCUT2D eigenvalue weighted by molar-refractivity contribution is 8.00. The second kappa shape index (κ2) is 4.44. The summed E-state index contributed by atoms with van der Waals surface area (Å²) in [6.45, 7) is 11.6. The van der Waals surface area contributed by atoms with Gasteiger partial charge in [-0.05, 0) is 32.6 Å². The van der Waals surface area contributed by atoms with Crippen molar-refractivity contribution in [2.75, 3.05) is 5.75 Å². The van der Waals surface area contributed by atoms with Gasteiger partial charge in [0.1, 0.15) is 0 Å². The van der Waals surface area contributed by atoms with Gasteiger partial charge in [0.2, 0.25) is 0 Å². The molecule has 0 aromatic heterocycles. The Labute approximate surface area is 93.4 Å². The lowest BCUT2D eigenvalue weighted by atomic mass is 9.95. The third-order valence-electron chi connectivity index (χ3n) is 3.22. The molecule has 1 N–H and O–H groups in total. The van der Waals surface area contributed by atoms with Gasteiger partial charge in [0.25, 0.3) is 0 Å². The third kappa shape index (κ3) is 2.90. The lowest BCUT2D eigenvalue weighted by molar-refractivity contribution is 0.303. The normalized spacial score (nSPS) is 33.2. The van der Waals surface area contributed by atoms with Gasteiger partial charge < -0.3 is 0 Å². The molecule has 1 fully saturated rings. The highest BCUT2D eigenvalue weighted by atomic mass is 32.2. The van der Waals surface area contributed by atoms with Gasteiger partial charge in [0, 0.05) is 11.3 Å². The first kappa shape index (κ1) is 12.4.